The zero-order valence-corrected chi connectivity index (χ0v) is 28.6. The van der Waals surface area contributed by atoms with E-state index in [0.717, 1.165) is 44.9 Å². The van der Waals surface area contributed by atoms with Gasteiger partial charge in [0, 0.05) is 17.1 Å². The Hall–Kier alpha value is -4.88. The molecule has 2 unspecified atom stereocenters. The molecule has 0 fully saturated rings. The van der Waals surface area contributed by atoms with Gasteiger partial charge in [0.2, 0.25) is 0 Å². The number of hydrogen-bond donors (Lipinski definition) is 0. The zero-order chi connectivity index (χ0) is 32.8. The summed E-state index contributed by atoms with van der Waals surface area (Å²) in [7, 11) is 0. The molecule has 0 spiro atoms. The number of nitrogens with zero attached hydrogens (tertiary/aromatic N) is 1. The highest BCUT2D eigenvalue weighted by atomic mass is 15.2. The first-order chi connectivity index (χ1) is 24.3. The van der Waals surface area contributed by atoms with Gasteiger partial charge in [0.15, 0.2) is 0 Å². The minimum absolute atomic E-state index is 0.620. The van der Waals surface area contributed by atoms with Crippen molar-refractivity contribution in [2.75, 3.05) is 4.90 Å². The van der Waals surface area contributed by atoms with Crippen LogP contribution in [0.25, 0.3) is 21.5 Å². The highest BCUT2D eigenvalue weighted by Gasteiger charge is 2.23. The van der Waals surface area contributed by atoms with Crippen LogP contribution in [0.5, 0.6) is 0 Å². The molecule has 4 aromatic carbocycles. The number of allylic oxidation sites excluding steroid dienone is 15. The first-order valence-corrected chi connectivity index (χ1v) is 18.5. The molecule has 1 heteroatoms. The van der Waals surface area contributed by atoms with E-state index in [1.807, 2.05) is 0 Å². The van der Waals surface area contributed by atoms with E-state index in [1.54, 1.807) is 5.57 Å². The molecule has 0 aliphatic heterocycles. The van der Waals surface area contributed by atoms with Crippen LogP contribution >= 0.6 is 0 Å². The molecule has 0 amide bonds. The molecule has 49 heavy (non-hydrogen) atoms. The SMILES string of the molecule is C1=CCC(C(CCC2=CC=C(C3=CC=C(N(C4=CCCC=C4)c4ccc5ccccc5c4)CC3)CC2)Cc2ccc3ccccc3c2)C=C1. The standard InChI is InChI=1S/C48H47N/c1-3-11-38(12-4-1)45(34-37-22-25-39-13-7-9-15-43(39)33-37)26-21-36-19-23-41(24-20-36)42-27-30-47(31-28-42)49(46-17-5-2-6-18-46)48-32-29-40-14-8-10-16-44(40)35-48/h1,3-5,7-11,13-19,22-23,25,27,29-30,32-33,35,38,45H,2,6,12,20-21,24,26,28,31,34H2. The monoisotopic (exact) mass is 637 g/mol. The average Bonchev–Trinajstić information content (AvgIpc) is 3.18. The molecule has 0 saturated heterocycles. The predicted molar refractivity (Wildman–Crippen MR) is 210 cm³/mol. The quantitative estimate of drug-likeness (QED) is 0.167. The van der Waals surface area contributed by atoms with Gasteiger partial charge in [-0.05, 0) is 139 Å². The van der Waals surface area contributed by atoms with Gasteiger partial charge in [0.1, 0.15) is 0 Å². The van der Waals surface area contributed by atoms with Crippen molar-refractivity contribution >= 4 is 27.2 Å². The van der Waals surface area contributed by atoms with Crippen LogP contribution < -0.4 is 4.90 Å². The van der Waals surface area contributed by atoms with Gasteiger partial charge in [-0.2, -0.15) is 0 Å². The van der Waals surface area contributed by atoms with Gasteiger partial charge in [-0.1, -0.05) is 133 Å². The number of anilines is 1. The van der Waals surface area contributed by atoms with E-state index in [0.29, 0.717) is 11.8 Å². The van der Waals surface area contributed by atoms with Gasteiger partial charge < -0.3 is 4.90 Å². The highest BCUT2D eigenvalue weighted by Crippen LogP contribution is 2.38. The maximum atomic E-state index is 2.49. The summed E-state index contributed by atoms with van der Waals surface area (Å²) >= 11 is 0. The summed E-state index contributed by atoms with van der Waals surface area (Å²) in [5.74, 6) is 1.27. The minimum Gasteiger partial charge on any atom is -0.315 e. The van der Waals surface area contributed by atoms with Crippen molar-refractivity contribution in [2.24, 2.45) is 11.8 Å². The van der Waals surface area contributed by atoms with Crippen LogP contribution in [-0.4, -0.2) is 0 Å². The molecule has 0 bridgehead atoms. The molecule has 0 radical (unpaired) electrons. The van der Waals surface area contributed by atoms with E-state index in [2.05, 4.69) is 157 Å². The summed E-state index contributed by atoms with van der Waals surface area (Å²) < 4.78 is 0. The number of hydrogen-bond acceptors (Lipinski definition) is 1. The summed E-state index contributed by atoms with van der Waals surface area (Å²) in [5.41, 5.74) is 10.1. The molecule has 4 aliphatic rings. The van der Waals surface area contributed by atoms with Crippen LogP contribution in [0.4, 0.5) is 5.69 Å². The molecule has 4 aromatic rings. The summed E-state index contributed by atoms with van der Waals surface area (Å²) in [6.07, 6.45) is 37.5. The Bertz CT molecular complexity index is 2090. The maximum absolute atomic E-state index is 2.49. The Morgan fingerprint density at radius 3 is 2.10 bits per heavy atom. The van der Waals surface area contributed by atoms with Crippen molar-refractivity contribution in [3.63, 3.8) is 0 Å². The molecule has 4 aliphatic carbocycles. The third-order valence-corrected chi connectivity index (χ3v) is 11.1. The Labute approximate surface area is 292 Å². The summed E-state index contributed by atoms with van der Waals surface area (Å²) in [6.45, 7) is 0. The summed E-state index contributed by atoms with van der Waals surface area (Å²) in [4.78, 5) is 2.49. The Kier molecular flexibility index (Phi) is 9.42. The third-order valence-electron chi connectivity index (χ3n) is 11.1. The van der Waals surface area contributed by atoms with Crippen molar-refractivity contribution < 1.29 is 0 Å². The normalized spacial score (nSPS) is 19.6. The molecule has 8 rings (SSSR count). The second-order valence-corrected chi connectivity index (χ2v) is 14.2. The van der Waals surface area contributed by atoms with E-state index < -0.39 is 0 Å². The van der Waals surface area contributed by atoms with Gasteiger partial charge in [-0.25, -0.2) is 0 Å². The average molecular weight is 638 g/mol. The maximum Gasteiger partial charge on any atom is 0.0464 e. The molecule has 1 nitrogen and oxygen atoms in total. The van der Waals surface area contributed by atoms with E-state index in [9.17, 15) is 0 Å². The first kappa shape index (κ1) is 31.4. The second-order valence-electron chi connectivity index (χ2n) is 14.2. The fourth-order valence-corrected chi connectivity index (χ4v) is 8.25. The number of benzene rings is 4. The molecular weight excluding hydrogens is 591 g/mol. The van der Waals surface area contributed by atoms with Gasteiger partial charge >= 0.3 is 0 Å². The smallest absolute Gasteiger partial charge is 0.0464 e. The van der Waals surface area contributed by atoms with Gasteiger partial charge in [-0.15, -0.1) is 0 Å². The second kappa shape index (κ2) is 14.7. The van der Waals surface area contributed by atoms with Crippen LogP contribution in [-0.2, 0) is 6.42 Å². The lowest BCUT2D eigenvalue weighted by Gasteiger charge is -2.32. The van der Waals surface area contributed by atoms with Crippen LogP contribution in [0.1, 0.15) is 63.4 Å². The molecule has 2 atom stereocenters. The molecule has 0 saturated carbocycles. The molecule has 244 valence electrons. The van der Waals surface area contributed by atoms with Crippen molar-refractivity contribution in [3.05, 3.63) is 185 Å². The van der Waals surface area contributed by atoms with Crippen LogP contribution in [0, 0.1) is 11.8 Å². The van der Waals surface area contributed by atoms with Crippen molar-refractivity contribution in [1.29, 1.82) is 0 Å². The van der Waals surface area contributed by atoms with Gasteiger partial charge in [0.05, 0.1) is 0 Å². The van der Waals surface area contributed by atoms with E-state index in [-0.39, 0.29) is 0 Å². The van der Waals surface area contributed by atoms with Crippen molar-refractivity contribution in [2.45, 2.75) is 64.2 Å². The van der Waals surface area contributed by atoms with E-state index >= 15 is 0 Å². The van der Waals surface area contributed by atoms with Crippen LogP contribution in [0.3, 0.4) is 0 Å². The Balaban J connectivity index is 0.971. The minimum atomic E-state index is 0.620. The summed E-state index contributed by atoms with van der Waals surface area (Å²) in [5, 5.41) is 5.27. The van der Waals surface area contributed by atoms with Gasteiger partial charge in [-0.3, -0.25) is 0 Å². The molecular formula is C48H47N. The molecule has 0 heterocycles. The van der Waals surface area contributed by atoms with Crippen LogP contribution in [0.15, 0.2) is 180 Å². The van der Waals surface area contributed by atoms with Crippen molar-refractivity contribution in [3.8, 4) is 0 Å². The Morgan fingerprint density at radius 1 is 0.653 bits per heavy atom. The largest absolute Gasteiger partial charge is 0.315 e. The fourth-order valence-electron chi connectivity index (χ4n) is 8.25. The molecule has 0 N–H and O–H groups in total. The third kappa shape index (κ3) is 7.27. The number of fused-ring (bicyclic) bond motifs is 2. The summed E-state index contributed by atoms with van der Waals surface area (Å²) in [6, 6.07) is 31.4. The predicted octanol–water partition coefficient (Wildman–Crippen LogP) is 13.1. The van der Waals surface area contributed by atoms with Crippen molar-refractivity contribution in [1.82, 2.24) is 0 Å². The number of rotatable bonds is 10. The van der Waals surface area contributed by atoms with Gasteiger partial charge in [0.25, 0.3) is 0 Å². The lowest BCUT2D eigenvalue weighted by atomic mass is 9.78. The highest BCUT2D eigenvalue weighted by molar-refractivity contribution is 5.87. The fraction of sp³-hybridized carbons (Fsp3) is 0.250. The van der Waals surface area contributed by atoms with E-state index in [4.69, 9.17) is 0 Å². The zero-order valence-electron chi connectivity index (χ0n) is 28.6. The lowest BCUT2D eigenvalue weighted by molar-refractivity contribution is 0.365. The molecule has 0 aromatic heterocycles. The topological polar surface area (TPSA) is 3.24 Å². The lowest BCUT2D eigenvalue weighted by Crippen LogP contribution is -2.23. The first-order valence-electron chi connectivity index (χ1n) is 18.5. The van der Waals surface area contributed by atoms with Crippen LogP contribution in [0.2, 0.25) is 0 Å². The Morgan fingerprint density at radius 2 is 1.41 bits per heavy atom. The van der Waals surface area contributed by atoms with E-state index in [1.165, 1.54) is 74.6 Å².